The van der Waals surface area contributed by atoms with Gasteiger partial charge in [-0.3, -0.25) is 14.5 Å². The Balaban J connectivity index is 1.82. The summed E-state index contributed by atoms with van der Waals surface area (Å²) < 4.78 is 0. The monoisotopic (exact) mass is 267 g/mol. The zero-order valence-electron chi connectivity index (χ0n) is 10.7. The van der Waals surface area contributed by atoms with Crippen molar-refractivity contribution < 1.29 is 14.7 Å². The number of phenols is 1. The van der Waals surface area contributed by atoms with Crippen molar-refractivity contribution in [2.24, 2.45) is 0 Å². The van der Waals surface area contributed by atoms with E-state index in [4.69, 9.17) is 0 Å². The summed E-state index contributed by atoms with van der Waals surface area (Å²) in [5.41, 5.74) is 1.46. The molecule has 2 aromatic rings. The smallest absolute Gasteiger partial charge is 0.265 e. The Labute approximate surface area is 116 Å². The van der Waals surface area contributed by atoms with Crippen molar-refractivity contribution in [1.29, 1.82) is 0 Å². The van der Waals surface area contributed by atoms with E-state index in [2.05, 4.69) is 0 Å². The van der Waals surface area contributed by atoms with Crippen LogP contribution in [-0.2, 0) is 6.42 Å². The third-order valence-electron chi connectivity index (χ3n) is 3.44. The molecule has 0 saturated heterocycles. The maximum absolute atomic E-state index is 12.2. The first-order valence-corrected chi connectivity index (χ1v) is 6.40. The van der Waals surface area contributed by atoms with Gasteiger partial charge in [0.05, 0.1) is 11.1 Å². The molecule has 0 atom stereocenters. The molecule has 0 saturated carbocycles. The van der Waals surface area contributed by atoms with Crippen LogP contribution < -0.4 is 0 Å². The van der Waals surface area contributed by atoms with Gasteiger partial charge in [0.1, 0.15) is 5.75 Å². The molecule has 100 valence electrons. The minimum Gasteiger partial charge on any atom is -0.507 e. The highest BCUT2D eigenvalue weighted by atomic mass is 16.3. The molecule has 2 aromatic carbocycles. The topological polar surface area (TPSA) is 57.6 Å². The van der Waals surface area contributed by atoms with Gasteiger partial charge in [-0.1, -0.05) is 36.4 Å². The fourth-order valence-electron chi connectivity index (χ4n) is 2.40. The van der Waals surface area contributed by atoms with Crippen LogP contribution in [0.5, 0.6) is 5.75 Å². The molecule has 1 aliphatic rings. The lowest BCUT2D eigenvalue weighted by atomic mass is 10.1. The SMILES string of the molecule is O=C1c2cccc(O)c2C(=O)N1CCc1ccccc1. The molecule has 0 aromatic heterocycles. The van der Waals surface area contributed by atoms with Gasteiger partial charge in [-0.05, 0) is 24.1 Å². The molecule has 0 fully saturated rings. The molecule has 0 spiro atoms. The normalized spacial score (nSPS) is 13.7. The first-order valence-electron chi connectivity index (χ1n) is 6.40. The second-order valence-corrected chi connectivity index (χ2v) is 4.70. The van der Waals surface area contributed by atoms with Crippen LogP contribution in [0.25, 0.3) is 0 Å². The Morgan fingerprint density at radius 3 is 2.35 bits per heavy atom. The quantitative estimate of drug-likeness (QED) is 0.868. The maximum atomic E-state index is 12.2. The summed E-state index contributed by atoms with van der Waals surface area (Å²) in [4.78, 5) is 25.6. The number of aromatic hydroxyl groups is 1. The number of nitrogens with zero attached hydrogens (tertiary/aromatic N) is 1. The summed E-state index contributed by atoms with van der Waals surface area (Å²) in [7, 11) is 0. The lowest BCUT2D eigenvalue weighted by Gasteiger charge is -2.13. The number of benzene rings is 2. The van der Waals surface area contributed by atoms with E-state index in [-0.39, 0.29) is 22.8 Å². The highest BCUT2D eigenvalue weighted by Crippen LogP contribution is 2.29. The van der Waals surface area contributed by atoms with Crippen LogP contribution in [0.1, 0.15) is 26.3 Å². The molecule has 0 unspecified atom stereocenters. The average Bonchev–Trinajstić information content (AvgIpc) is 2.71. The van der Waals surface area contributed by atoms with Crippen LogP contribution in [0.15, 0.2) is 48.5 Å². The minimum atomic E-state index is -0.418. The van der Waals surface area contributed by atoms with E-state index in [0.717, 1.165) is 5.56 Å². The van der Waals surface area contributed by atoms with Crippen molar-refractivity contribution in [3.05, 3.63) is 65.2 Å². The summed E-state index contributed by atoms with van der Waals surface area (Å²) in [6.07, 6.45) is 0.604. The van der Waals surface area contributed by atoms with Gasteiger partial charge in [-0.2, -0.15) is 0 Å². The molecule has 4 nitrogen and oxygen atoms in total. The van der Waals surface area contributed by atoms with Gasteiger partial charge in [0, 0.05) is 6.54 Å². The summed E-state index contributed by atoms with van der Waals surface area (Å²) in [5, 5.41) is 9.72. The second kappa shape index (κ2) is 4.81. The number of carbonyl (C=O) groups excluding carboxylic acids is 2. The van der Waals surface area contributed by atoms with Crippen molar-refractivity contribution in [3.63, 3.8) is 0 Å². The van der Waals surface area contributed by atoms with E-state index >= 15 is 0 Å². The minimum absolute atomic E-state index is 0.116. The molecule has 0 radical (unpaired) electrons. The highest BCUT2D eigenvalue weighted by molar-refractivity contribution is 6.22. The summed E-state index contributed by atoms with van der Waals surface area (Å²) in [6, 6.07) is 14.2. The Kier molecular flexibility index (Phi) is 2.99. The number of fused-ring (bicyclic) bond motifs is 1. The summed E-state index contributed by atoms with van der Waals surface area (Å²) >= 11 is 0. The standard InChI is InChI=1S/C16H13NO3/c18-13-8-4-7-12-14(13)16(20)17(15(12)19)10-9-11-5-2-1-3-6-11/h1-8,18H,9-10H2. The van der Waals surface area contributed by atoms with Crippen molar-refractivity contribution in [2.45, 2.75) is 6.42 Å². The van der Waals surface area contributed by atoms with E-state index in [1.807, 2.05) is 30.3 Å². The summed E-state index contributed by atoms with van der Waals surface area (Å²) in [5.74, 6) is -0.890. The maximum Gasteiger partial charge on any atom is 0.265 e. The van der Waals surface area contributed by atoms with Gasteiger partial charge in [0.15, 0.2) is 0 Å². The third kappa shape index (κ3) is 1.95. The second-order valence-electron chi connectivity index (χ2n) is 4.70. The predicted octanol–water partition coefficient (Wildman–Crippen LogP) is 2.23. The highest BCUT2D eigenvalue weighted by Gasteiger charge is 2.37. The molecular weight excluding hydrogens is 254 g/mol. The van der Waals surface area contributed by atoms with Gasteiger partial charge >= 0.3 is 0 Å². The van der Waals surface area contributed by atoms with E-state index in [9.17, 15) is 14.7 Å². The number of hydrogen-bond donors (Lipinski definition) is 1. The van der Waals surface area contributed by atoms with Gasteiger partial charge in [-0.15, -0.1) is 0 Å². The lowest BCUT2D eigenvalue weighted by Crippen LogP contribution is -2.31. The number of amides is 2. The fourth-order valence-corrected chi connectivity index (χ4v) is 2.40. The van der Waals surface area contributed by atoms with Gasteiger partial charge in [0.2, 0.25) is 0 Å². The van der Waals surface area contributed by atoms with E-state index < -0.39 is 5.91 Å². The largest absolute Gasteiger partial charge is 0.507 e. The van der Waals surface area contributed by atoms with E-state index in [1.54, 1.807) is 12.1 Å². The lowest BCUT2D eigenvalue weighted by molar-refractivity contribution is 0.0655. The van der Waals surface area contributed by atoms with Crippen LogP contribution in [0, 0.1) is 0 Å². The average molecular weight is 267 g/mol. The van der Waals surface area contributed by atoms with Crippen LogP contribution in [0.4, 0.5) is 0 Å². The Hall–Kier alpha value is -2.62. The first-order chi connectivity index (χ1) is 9.68. The van der Waals surface area contributed by atoms with Crippen molar-refractivity contribution in [2.75, 3.05) is 6.54 Å². The number of carbonyl (C=O) groups is 2. The number of hydrogen-bond acceptors (Lipinski definition) is 3. The molecule has 3 rings (SSSR count). The van der Waals surface area contributed by atoms with Gasteiger partial charge < -0.3 is 5.11 Å². The molecule has 20 heavy (non-hydrogen) atoms. The number of phenolic OH excluding ortho intramolecular Hbond substituents is 1. The first kappa shape index (κ1) is 12.4. The van der Waals surface area contributed by atoms with Crippen molar-refractivity contribution in [1.82, 2.24) is 4.90 Å². The van der Waals surface area contributed by atoms with Crippen molar-refractivity contribution >= 4 is 11.8 Å². The predicted molar refractivity (Wildman–Crippen MR) is 73.6 cm³/mol. The Morgan fingerprint density at radius 2 is 1.65 bits per heavy atom. The molecule has 0 aliphatic carbocycles. The van der Waals surface area contributed by atoms with Crippen LogP contribution in [0.3, 0.4) is 0 Å². The van der Waals surface area contributed by atoms with Crippen molar-refractivity contribution in [3.8, 4) is 5.75 Å². The molecule has 1 aliphatic heterocycles. The van der Waals surface area contributed by atoms with Gasteiger partial charge in [-0.25, -0.2) is 0 Å². The van der Waals surface area contributed by atoms with Gasteiger partial charge in [0.25, 0.3) is 11.8 Å². The molecule has 1 N–H and O–H groups in total. The molecule has 4 heteroatoms. The zero-order chi connectivity index (χ0) is 14.1. The summed E-state index contributed by atoms with van der Waals surface area (Å²) in [6.45, 7) is 0.315. The molecule has 0 bridgehead atoms. The molecular formula is C16H13NO3. The third-order valence-corrected chi connectivity index (χ3v) is 3.44. The Bertz CT molecular complexity index is 679. The number of imide groups is 1. The zero-order valence-corrected chi connectivity index (χ0v) is 10.7. The fraction of sp³-hybridized carbons (Fsp3) is 0.125. The number of rotatable bonds is 3. The van der Waals surface area contributed by atoms with Crippen LogP contribution >= 0.6 is 0 Å². The van der Waals surface area contributed by atoms with Crippen LogP contribution in [0.2, 0.25) is 0 Å². The molecule has 2 amide bonds. The Morgan fingerprint density at radius 1 is 0.900 bits per heavy atom. The molecule has 1 heterocycles. The van der Waals surface area contributed by atoms with Crippen LogP contribution in [-0.4, -0.2) is 28.4 Å². The van der Waals surface area contributed by atoms with E-state index in [0.29, 0.717) is 13.0 Å². The van der Waals surface area contributed by atoms with E-state index in [1.165, 1.54) is 11.0 Å².